The third-order valence-corrected chi connectivity index (χ3v) is 13.0. The molecule has 0 spiro atoms. The molecule has 0 amide bonds. The maximum atomic E-state index is 12.8. The van der Waals surface area contributed by atoms with Gasteiger partial charge in [-0.15, -0.1) is 0 Å². The zero-order valence-corrected chi connectivity index (χ0v) is 45.8. The summed E-state index contributed by atoms with van der Waals surface area (Å²) in [6.45, 7) is 6.59. The van der Waals surface area contributed by atoms with Gasteiger partial charge >= 0.3 is 17.9 Å². The van der Waals surface area contributed by atoms with Crippen LogP contribution in [0.1, 0.15) is 303 Å². The second-order valence-electron chi connectivity index (χ2n) is 19.9. The molecule has 1 atom stereocenters. The van der Waals surface area contributed by atoms with Gasteiger partial charge in [-0.2, -0.15) is 0 Å². The van der Waals surface area contributed by atoms with E-state index in [-0.39, 0.29) is 37.5 Å². The molecule has 400 valence electrons. The monoisotopic (exact) mass is 965 g/mol. The fraction of sp³-hybridized carbons (Fsp3) is 0.794. The molecule has 0 aromatic rings. The number of hydrogen-bond donors (Lipinski definition) is 0. The second-order valence-corrected chi connectivity index (χ2v) is 19.9. The predicted molar refractivity (Wildman–Crippen MR) is 298 cm³/mol. The highest BCUT2D eigenvalue weighted by Crippen LogP contribution is 2.16. The Morgan fingerprint density at radius 3 is 0.913 bits per heavy atom. The largest absolute Gasteiger partial charge is 0.462 e. The van der Waals surface area contributed by atoms with Gasteiger partial charge in [-0.3, -0.25) is 14.4 Å². The van der Waals surface area contributed by atoms with E-state index in [1.807, 2.05) is 0 Å². The molecule has 6 heteroatoms. The third kappa shape index (κ3) is 55.9. The van der Waals surface area contributed by atoms with Gasteiger partial charge in [-0.05, 0) is 83.5 Å². The topological polar surface area (TPSA) is 78.9 Å². The average molecular weight is 966 g/mol. The quantitative estimate of drug-likeness (QED) is 0.0262. The average Bonchev–Trinajstić information content (AvgIpc) is 3.35. The van der Waals surface area contributed by atoms with Crippen molar-refractivity contribution >= 4 is 17.9 Å². The smallest absolute Gasteiger partial charge is 0.306 e. The molecule has 69 heavy (non-hydrogen) atoms. The Labute approximate surface area is 428 Å². The molecule has 0 aliphatic rings. The molecular weight excluding hydrogens is 853 g/mol. The van der Waals surface area contributed by atoms with Gasteiger partial charge in [-0.25, -0.2) is 0 Å². The van der Waals surface area contributed by atoms with E-state index in [1.54, 1.807) is 0 Å². The van der Waals surface area contributed by atoms with Gasteiger partial charge in [0, 0.05) is 19.3 Å². The lowest BCUT2D eigenvalue weighted by molar-refractivity contribution is -0.167. The number of rotatable bonds is 54. The number of carbonyl (C=O) groups excluding carboxylic acids is 3. The first-order chi connectivity index (χ1) is 34.0. The van der Waals surface area contributed by atoms with Crippen molar-refractivity contribution in [2.75, 3.05) is 13.2 Å². The number of unbranched alkanes of at least 4 members (excludes halogenated alkanes) is 33. The van der Waals surface area contributed by atoms with Crippen molar-refractivity contribution < 1.29 is 28.6 Å². The molecule has 0 radical (unpaired) electrons. The fourth-order valence-electron chi connectivity index (χ4n) is 8.49. The maximum absolute atomic E-state index is 12.8. The Morgan fingerprint density at radius 1 is 0.290 bits per heavy atom. The van der Waals surface area contributed by atoms with Gasteiger partial charge in [0.25, 0.3) is 0 Å². The van der Waals surface area contributed by atoms with Crippen LogP contribution in [0.3, 0.4) is 0 Å². The first-order valence-electron chi connectivity index (χ1n) is 29.8. The van der Waals surface area contributed by atoms with E-state index >= 15 is 0 Å². The molecule has 0 N–H and O–H groups in total. The molecule has 0 aromatic heterocycles. The molecule has 0 saturated carbocycles. The Balaban J connectivity index is 4.42. The molecule has 0 bridgehead atoms. The van der Waals surface area contributed by atoms with Crippen LogP contribution in [0.2, 0.25) is 0 Å². The second kappa shape index (κ2) is 57.7. The van der Waals surface area contributed by atoms with E-state index in [9.17, 15) is 14.4 Å². The van der Waals surface area contributed by atoms with Crippen LogP contribution in [0.4, 0.5) is 0 Å². The standard InChI is InChI=1S/C63H112O6/c1-4-7-10-13-16-19-22-25-28-30-31-33-35-38-41-44-47-50-53-56-62(65)68-59-60(58-67-61(64)55-52-49-46-43-40-37-34-27-24-21-18-15-12-9-6-3)69-63(66)57-54-51-48-45-42-39-36-32-29-26-23-20-17-14-11-8-5-2/h17,20-21,24,26,29,36,39,45,48,60H,4-16,18-19,22-23,25,27-28,30-35,37-38,40-44,46-47,49-59H2,1-3H3/b20-17-,24-21-,29-26-,39-36-,48-45-. The van der Waals surface area contributed by atoms with Gasteiger partial charge in [0.15, 0.2) is 6.10 Å². The summed E-state index contributed by atoms with van der Waals surface area (Å²) in [5.41, 5.74) is 0. The molecule has 0 rings (SSSR count). The minimum absolute atomic E-state index is 0.0943. The minimum Gasteiger partial charge on any atom is -0.462 e. The van der Waals surface area contributed by atoms with Gasteiger partial charge in [0.1, 0.15) is 13.2 Å². The normalized spacial score (nSPS) is 12.4. The Bertz CT molecular complexity index is 1250. The molecule has 0 aromatic carbocycles. The zero-order chi connectivity index (χ0) is 50.0. The number of ether oxygens (including phenoxy) is 3. The van der Waals surface area contributed by atoms with Crippen LogP contribution in [0.25, 0.3) is 0 Å². The molecule has 0 saturated heterocycles. The molecular formula is C63H112O6. The summed E-state index contributed by atoms with van der Waals surface area (Å²) >= 11 is 0. The van der Waals surface area contributed by atoms with Crippen molar-refractivity contribution in [1.82, 2.24) is 0 Å². The van der Waals surface area contributed by atoms with E-state index in [1.165, 1.54) is 193 Å². The van der Waals surface area contributed by atoms with E-state index < -0.39 is 6.10 Å². The summed E-state index contributed by atoms with van der Waals surface area (Å²) in [7, 11) is 0. The highest BCUT2D eigenvalue weighted by Gasteiger charge is 2.19. The lowest BCUT2D eigenvalue weighted by Crippen LogP contribution is -2.30. The molecule has 0 fully saturated rings. The lowest BCUT2D eigenvalue weighted by atomic mass is 10.0. The Kier molecular flexibility index (Phi) is 55.3. The van der Waals surface area contributed by atoms with E-state index in [4.69, 9.17) is 14.2 Å². The minimum atomic E-state index is -0.803. The van der Waals surface area contributed by atoms with E-state index in [2.05, 4.69) is 81.5 Å². The summed E-state index contributed by atoms with van der Waals surface area (Å²) in [6.07, 6.45) is 72.2. The molecule has 0 heterocycles. The summed E-state index contributed by atoms with van der Waals surface area (Å²) in [4.78, 5) is 38.2. The molecule has 0 aliphatic carbocycles. The van der Waals surface area contributed by atoms with Crippen LogP contribution in [0, 0.1) is 0 Å². The Morgan fingerprint density at radius 2 is 0.536 bits per heavy atom. The Hall–Kier alpha value is -2.89. The SMILES string of the molecule is CCCCC/C=C\C/C=C\C/C=C\C/C=C\CCCC(=O)OC(COC(=O)CCCCCCCCC/C=C\CCCCCC)COC(=O)CCCCCCCCCCCCCCCCCCCCC. The first kappa shape index (κ1) is 66.1. The van der Waals surface area contributed by atoms with Crippen molar-refractivity contribution in [1.29, 1.82) is 0 Å². The van der Waals surface area contributed by atoms with Crippen molar-refractivity contribution in [2.24, 2.45) is 0 Å². The lowest BCUT2D eigenvalue weighted by Gasteiger charge is -2.18. The van der Waals surface area contributed by atoms with E-state index in [0.717, 1.165) is 64.2 Å². The number of hydrogen-bond acceptors (Lipinski definition) is 6. The van der Waals surface area contributed by atoms with Gasteiger partial charge in [-0.1, -0.05) is 261 Å². The predicted octanol–water partition coefficient (Wildman–Crippen LogP) is 20.0. The van der Waals surface area contributed by atoms with Crippen molar-refractivity contribution in [2.45, 2.75) is 309 Å². The summed E-state index contributed by atoms with van der Waals surface area (Å²) in [5, 5.41) is 0. The molecule has 1 unspecified atom stereocenters. The molecule has 6 nitrogen and oxygen atoms in total. The van der Waals surface area contributed by atoms with Crippen molar-refractivity contribution in [3.05, 3.63) is 60.8 Å². The van der Waals surface area contributed by atoms with Gasteiger partial charge in [0.2, 0.25) is 0 Å². The number of allylic oxidation sites excluding steroid dienone is 10. The maximum Gasteiger partial charge on any atom is 0.306 e. The summed E-state index contributed by atoms with van der Waals surface area (Å²) in [6, 6.07) is 0. The highest BCUT2D eigenvalue weighted by atomic mass is 16.6. The van der Waals surface area contributed by atoms with Gasteiger partial charge in [0.05, 0.1) is 0 Å². The van der Waals surface area contributed by atoms with Crippen LogP contribution < -0.4 is 0 Å². The van der Waals surface area contributed by atoms with Crippen molar-refractivity contribution in [3.8, 4) is 0 Å². The van der Waals surface area contributed by atoms with Crippen LogP contribution in [-0.2, 0) is 28.6 Å². The molecule has 0 aliphatic heterocycles. The fourth-order valence-corrected chi connectivity index (χ4v) is 8.49. The number of carbonyl (C=O) groups is 3. The number of esters is 3. The van der Waals surface area contributed by atoms with Crippen LogP contribution in [-0.4, -0.2) is 37.2 Å². The zero-order valence-electron chi connectivity index (χ0n) is 45.8. The van der Waals surface area contributed by atoms with Crippen LogP contribution in [0.15, 0.2) is 60.8 Å². The summed E-state index contributed by atoms with van der Waals surface area (Å²) in [5.74, 6) is -0.942. The third-order valence-electron chi connectivity index (χ3n) is 13.0. The highest BCUT2D eigenvalue weighted by molar-refractivity contribution is 5.71. The van der Waals surface area contributed by atoms with Crippen molar-refractivity contribution in [3.63, 3.8) is 0 Å². The first-order valence-corrected chi connectivity index (χ1v) is 29.8. The van der Waals surface area contributed by atoms with Crippen LogP contribution in [0.5, 0.6) is 0 Å². The summed E-state index contributed by atoms with van der Waals surface area (Å²) < 4.78 is 16.8. The van der Waals surface area contributed by atoms with Gasteiger partial charge < -0.3 is 14.2 Å². The van der Waals surface area contributed by atoms with E-state index in [0.29, 0.717) is 19.3 Å². The van der Waals surface area contributed by atoms with Crippen LogP contribution >= 0.6 is 0 Å².